The number of hydrogen-bond donors (Lipinski definition) is 1. The summed E-state index contributed by atoms with van der Waals surface area (Å²) in [5, 5.41) is 19.6. The van der Waals surface area contributed by atoms with Crippen molar-refractivity contribution in [3.63, 3.8) is 0 Å². The molecule has 1 aliphatic rings. The van der Waals surface area contributed by atoms with E-state index in [9.17, 15) is 19.7 Å². The van der Waals surface area contributed by atoms with E-state index in [0.29, 0.717) is 16.6 Å². The van der Waals surface area contributed by atoms with Gasteiger partial charge in [-0.1, -0.05) is 43.2 Å². The van der Waals surface area contributed by atoms with Crippen LogP contribution in [0.25, 0.3) is 10.8 Å². The molecule has 0 atom stereocenters. The molecular formula is C22H22N4O4. The maximum Gasteiger partial charge on any atom is 0.274 e. The van der Waals surface area contributed by atoms with Crippen LogP contribution in [0.15, 0.2) is 53.3 Å². The number of carbonyl (C=O) groups is 1. The van der Waals surface area contributed by atoms with Gasteiger partial charge in [-0.3, -0.25) is 19.7 Å². The van der Waals surface area contributed by atoms with Crippen molar-refractivity contribution in [2.45, 2.75) is 44.7 Å². The molecule has 1 aliphatic carbocycles. The lowest BCUT2D eigenvalue weighted by molar-refractivity contribution is -0.384. The number of non-ortho nitro benzene ring substituents is 1. The van der Waals surface area contributed by atoms with E-state index in [1.807, 2.05) is 18.2 Å². The molecule has 0 aliphatic heterocycles. The van der Waals surface area contributed by atoms with Crippen LogP contribution >= 0.6 is 0 Å². The maximum atomic E-state index is 12.9. The lowest BCUT2D eigenvalue weighted by Gasteiger charge is -2.16. The molecule has 8 nitrogen and oxygen atoms in total. The molecule has 1 saturated carbocycles. The van der Waals surface area contributed by atoms with Gasteiger partial charge in [0, 0.05) is 17.5 Å². The number of nitrogens with one attached hydrogen (secondary N) is 1. The molecule has 2 aromatic carbocycles. The molecule has 3 aromatic rings. The molecule has 8 heteroatoms. The van der Waals surface area contributed by atoms with Crippen molar-refractivity contribution in [2.24, 2.45) is 0 Å². The van der Waals surface area contributed by atoms with Gasteiger partial charge in [0.1, 0.15) is 0 Å². The van der Waals surface area contributed by atoms with Gasteiger partial charge in [0.15, 0.2) is 0 Å². The Morgan fingerprint density at radius 3 is 2.43 bits per heavy atom. The quantitative estimate of drug-likeness (QED) is 0.499. The molecule has 4 rings (SSSR count). The summed E-state index contributed by atoms with van der Waals surface area (Å²) in [6.07, 6.45) is 4.17. The highest BCUT2D eigenvalue weighted by Gasteiger charge is 2.21. The minimum absolute atomic E-state index is 0.0102. The first-order chi connectivity index (χ1) is 14.5. The topological polar surface area (TPSA) is 107 Å². The van der Waals surface area contributed by atoms with E-state index < -0.39 is 4.92 Å². The van der Waals surface area contributed by atoms with Crippen LogP contribution in [0, 0.1) is 10.1 Å². The number of carbonyl (C=O) groups excluding carboxylic acids is 1. The highest BCUT2D eigenvalue weighted by molar-refractivity contribution is 5.84. The first kappa shape index (κ1) is 19.8. The van der Waals surface area contributed by atoms with Crippen LogP contribution in [0.5, 0.6) is 0 Å². The second-order valence-corrected chi connectivity index (χ2v) is 7.56. The summed E-state index contributed by atoms with van der Waals surface area (Å²) in [7, 11) is 0. The Morgan fingerprint density at radius 1 is 1.10 bits per heavy atom. The molecule has 1 aromatic heterocycles. The van der Waals surface area contributed by atoms with Gasteiger partial charge in [-0.2, -0.15) is 5.10 Å². The van der Waals surface area contributed by atoms with Gasteiger partial charge in [-0.05, 0) is 24.5 Å². The highest BCUT2D eigenvalue weighted by Crippen LogP contribution is 2.28. The molecule has 154 valence electrons. The largest absolute Gasteiger partial charge is 0.350 e. The Labute approximate surface area is 172 Å². The summed E-state index contributed by atoms with van der Waals surface area (Å²) in [5.41, 5.74) is 1.25. The molecule has 0 bridgehead atoms. The summed E-state index contributed by atoms with van der Waals surface area (Å²) in [5.74, 6) is -0.214. The molecule has 30 heavy (non-hydrogen) atoms. The van der Waals surface area contributed by atoms with Crippen LogP contribution in [-0.2, 0) is 17.8 Å². The number of rotatable bonds is 6. The number of nitrogens with zero attached hydrogens (tertiary/aromatic N) is 3. The zero-order valence-corrected chi connectivity index (χ0v) is 16.4. The molecule has 0 unspecified atom stereocenters. The molecule has 0 saturated heterocycles. The second-order valence-electron chi connectivity index (χ2n) is 7.56. The average Bonchev–Trinajstić information content (AvgIpc) is 3.28. The summed E-state index contributed by atoms with van der Waals surface area (Å²) < 4.78 is 1.59. The zero-order valence-electron chi connectivity index (χ0n) is 16.4. The number of fused-ring (bicyclic) bond motifs is 1. The van der Waals surface area contributed by atoms with Gasteiger partial charge >= 0.3 is 0 Å². The van der Waals surface area contributed by atoms with Crippen molar-refractivity contribution in [2.75, 3.05) is 0 Å². The minimum atomic E-state index is -0.472. The van der Waals surface area contributed by atoms with Gasteiger partial charge in [0.05, 0.1) is 35.0 Å². The van der Waals surface area contributed by atoms with Crippen molar-refractivity contribution >= 4 is 22.4 Å². The Kier molecular flexibility index (Phi) is 5.56. The van der Waals surface area contributed by atoms with Crippen LogP contribution in [0.1, 0.15) is 43.0 Å². The Bertz CT molecular complexity index is 1150. The van der Waals surface area contributed by atoms with E-state index >= 15 is 0 Å². The van der Waals surface area contributed by atoms with Gasteiger partial charge in [0.25, 0.3) is 11.2 Å². The van der Waals surface area contributed by atoms with Crippen molar-refractivity contribution < 1.29 is 9.72 Å². The van der Waals surface area contributed by atoms with E-state index in [1.165, 1.54) is 12.1 Å². The highest BCUT2D eigenvalue weighted by atomic mass is 16.6. The van der Waals surface area contributed by atoms with E-state index in [4.69, 9.17) is 0 Å². The van der Waals surface area contributed by atoms with Gasteiger partial charge in [0.2, 0.25) is 5.91 Å². The molecule has 1 amide bonds. The summed E-state index contributed by atoms with van der Waals surface area (Å²) >= 11 is 0. The number of benzene rings is 2. The number of aromatic nitrogens is 2. The predicted molar refractivity (Wildman–Crippen MR) is 112 cm³/mol. The second kappa shape index (κ2) is 8.44. The maximum absolute atomic E-state index is 12.9. The van der Waals surface area contributed by atoms with Gasteiger partial charge < -0.3 is 5.32 Å². The molecule has 0 radical (unpaired) electrons. The normalized spacial score (nSPS) is 14.1. The van der Waals surface area contributed by atoms with E-state index in [2.05, 4.69) is 10.4 Å². The molecular weight excluding hydrogens is 384 g/mol. The summed E-state index contributed by atoms with van der Waals surface area (Å²) in [4.78, 5) is 35.6. The van der Waals surface area contributed by atoms with E-state index in [0.717, 1.165) is 31.1 Å². The lowest BCUT2D eigenvalue weighted by Crippen LogP contribution is -2.30. The van der Waals surface area contributed by atoms with Gasteiger partial charge in [-0.15, -0.1) is 0 Å². The zero-order chi connectivity index (χ0) is 21.1. The fourth-order valence-corrected chi connectivity index (χ4v) is 3.97. The Morgan fingerprint density at radius 2 is 1.77 bits per heavy atom. The minimum Gasteiger partial charge on any atom is -0.350 e. The monoisotopic (exact) mass is 406 g/mol. The molecule has 1 heterocycles. The van der Waals surface area contributed by atoms with Gasteiger partial charge in [-0.25, -0.2) is 4.68 Å². The fourth-order valence-electron chi connectivity index (χ4n) is 3.97. The molecule has 0 spiro atoms. The number of hydrogen-bond acceptors (Lipinski definition) is 5. The number of nitro benzene ring substituents is 1. The fraction of sp³-hybridized carbons (Fsp3) is 0.318. The van der Waals surface area contributed by atoms with Crippen LogP contribution in [0.4, 0.5) is 5.69 Å². The predicted octanol–water partition coefficient (Wildman–Crippen LogP) is 3.28. The first-order valence-corrected chi connectivity index (χ1v) is 10.0. The number of amides is 1. The van der Waals surface area contributed by atoms with Crippen molar-refractivity contribution in [3.05, 3.63) is 80.3 Å². The smallest absolute Gasteiger partial charge is 0.274 e. The van der Waals surface area contributed by atoms with E-state index in [1.54, 1.807) is 22.9 Å². The standard InChI is InChI=1S/C22H22N4O4/c27-21(13-15-9-11-17(12-10-15)26(29)30)23-14-20-18-7-3-4-8-19(18)22(28)25(24-20)16-5-1-2-6-16/h3-4,7-12,16H,1-2,5-6,13-14H2,(H,23,27). The van der Waals surface area contributed by atoms with Crippen LogP contribution in [-0.4, -0.2) is 20.6 Å². The Balaban J connectivity index is 1.53. The molecule has 1 N–H and O–H groups in total. The summed E-state index contributed by atoms with van der Waals surface area (Å²) in [6, 6.07) is 13.4. The van der Waals surface area contributed by atoms with Crippen molar-refractivity contribution in [1.29, 1.82) is 0 Å². The van der Waals surface area contributed by atoms with E-state index in [-0.39, 0.29) is 36.2 Å². The van der Waals surface area contributed by atoms with Crippen LogP contribution in [0.3, 0.4) is 0 Å². The molecule has 1 fully saturated rings. The summed E-state index contributed by atoms with van der Waals surface area (Å²) in [6.45, 7) is 0.208. The lowest BCUT2D eigenvalue weighted by atomic mass is 10.1. The van der Waals surface area contributed by atoms with Crippen LogP contribution in [0.2, 0.25) is 0 Å². The van der Waals surface area contributed by atoms with Crippen molar-refractivity contribution in [3.8, 4) is 0 Å². The third-order valence-electron chi connectivity index (χ3n) is 5.54. The SMILES string of the molecule is O=C(Cc1ccc([N+](=O)[O-])cc1)NCc1nn(C2CCCC2)c(=O)c2ccccc12. The average molecular weight is 406 g/mol. The number of nitro groups is 1. The first-order valence-electron chi connectivity index (χ1n) is 10.0. The Hall–Kier alpha value is -3.55. The van der Waals surface area contributed by atoms with Crippen molar-refractivity contribution in [1.82, 2.24) is 15.1 Å². The third-order valence-corrected chi connectivity index (χ3v) is 5.54. The third kappa shape index (κ3) is 4.07. The van der Waals surface area contributed by atoms with Crippen LogP contribution < -0.4 is 10.9 Å².